The third kappa shape index (κ3) is 2.13. The molecule has 0 saturated carbocycles. The Morgan fingerprint density at radius 3 is 2.84 bits per heavy atom. The molecule has 1 aromatic carbocycles. The van der Waals surface area contributed by atoms with Crippen LogP contribution in [-0.2, 0) is 15.9 Å². The normalized spacial score (nSPS) is 13.8. The molecular formula is C13H10N4O2. The van der Waals surface area contributed by atoms with Crippen molar-refractivity contribution in [2.24, 2.45) is 0 Å². The number of allylic oxidation sites excluding steroid dienone is 1. The summed E-state index contributed by atoms with van der Waals surface area (Å²) in [5, 5.41) is 19.1. The largest absolute Gasteiger partial charge is 0.458 e. The van der Waals surface area contributed by atoms with E-state index < -0.39 is 0 Å². The molecule has 6 heteroatoms. The fourth-order valence-electron chi connectivity index (χ4n) is 1.89. The van der Waals surface area contributed by atoms with Gasteiger partial charge in [0.15, 0.2) is 17.1 Å². The second kappa shape index (κ2) is 4.82. The van der Waals surface area contributed by atoms with E-state index >= 15 is 0 Å². The molecule has 1 N–H and O–H groups in total. The van der Waals surface area contributed by atoms with Crippen molar-refractivity contribution in [1.82, 2.24) is 15.4 Å². The lowest BCUT2D eigenvalue weighted by Gasteiger charge is -2.02. The number of hydrogen-bond acceptors (Lipinski definition) is 5. The van der Waals surface area contributed by atoms with E-state index in [0.29, 0.717) is 23.6 Å². The fourth-order valence-corrected chi connectivity index (χ4v) is 1.89. The van der Waals surface area contributed by atoms with Gasteiger partial charge in [0, 0.05) is 6.42 Å². The SMILES string of the molecule is N#Cc1n[nH]nc1C1=C(Cc2ccccc2)OCO1. The third-order valence-corrected chi connectivity index (χ3v) is 2.77. The van der Waals surface area contributed by atoms with Crippen LogP contribution in [0.15, 0.2) is 36.1 Å². The summed E-state index contributed by atoms with van der Waals surface area (Å²) in [5.41, 5.74) is 1.69. The van der Waals surface area contributed by atoms with Crippen molar-refractivity contribution >= 4 is 5.76 Å². The standard InChI is InChI=1S/C13H10N4O2/c14-7-10-12(16-17-15-10)13-11(18-8-19-13)6-9-4-2-1-3-5-9/h1-5H,6,8H2,(H,15,16,17). The molecule has 0 bridgehead atoms. The number of H-pyrrole nitrogens is 1. The van der Waals surface area contributed by atoms with E-state index in [9.17, 15) is 0 Å². The Labute approximate surface area is 109 Å². The zero-order valence-corrected chi connectivity index (χ0v) is 9.96. The van der Waals surface area contributed by atoms with Gasteiger partial charge in [-0.2, -0.15) is 15.6 Å². The van der Waals surface area contributed by atoms with Gasteiger partial charge in [-0.15, -0.1) is 5.10 Å². The highest BCUT2D eigenvalue weighted by Gasteiger charge is 2.25. The van der Waals surface area contributed by atoms with Gasteiger partial charge in [-0.25, -0.2) is 0 Å². The van der Waals surface area contributed by atoms with Gasteiger partial charge in [0.25, 0.3) is 0 Å². The van der Waals surface area contributed by atoms with E-state index in [-0.39, 0.29) is 12.5 Å². The topological polar surface area (TPSA) is 83.8 Å². The second-order valence-corrected chi connectivity index (χ2v) is 3.95. The zero-order chi connectivity index (χ0) is 13.1. The second-order valence-electron chi connectivity index (χ2n) is 3.95. The molecule has 19 heavy (non-hydrogen) atoms. The quantitative estimate of drug-likeness (QED) is 0.899. The number of ether oxygens (including phenoxy) is 2. The molecule has 0 aliphatic carbocycles. The van der Waals surface area contributed by atoms with E-state index in [4.69, 9.17) is 14.7 Å². The molecule has 0 atom stereocenters. The fraction of sp³-hybridized carbons (Fsp3) is 0.154. The van der Waals surface area contributed by atoms with Gasteiger partial charge in [0.1, 0.15) is 11.8 Å². The first kappa shape index (κ1) is 11.3. The maximum Gasteiger partial charge on any atom is 0.230 e. The predicted molar refractivity (Wildman–Crippen MR) is 65.2 cm³/mol. The third-order valence-electron chi connectivity index (χ3n) is 2.77. The van der Waals surface area contributed by atoms with Crippen molar-refractivity contribution in [3.05, 3.63) is 53.0 Å². The first-order valence-corrected chi connectivity index (χ1v) is 5.72. The highest BCUT2D eigenvalue weighted by molar-refractivity contribution is 5.63. The van der Waals surface area contributed by atoms with Gasteiger partial charge in [0.2, 0.25) is 6.79 Å². The van der Waals surface area contributed by atoms with Crippen LogP contribution in [0.2, 0.25) is 0 Å². The van der Waals surface area contributed by atoms with Crippen LogP contribution in [0, 0.1) is 11.3 Å². The lowest BCUT2D eigenvalue weighted by molar-refractivity contribution is 0.0855. The Kier molecular flexibility index (Phi) is 2.86. The minimum absolute atomic E-state index is 0.134. The number of nitrogens with zero attached hydrogens (tertiary/aromatic N) is 3. The molecule has 1 aliphatic rings. The molecule has 94 valence electrons. The Hall–Kier alpha value is -2.81. The van der Waals surface area contributed by atoms with Gasteiger partial charge in [-0.05, 0) is 5.56 Å². The van der Waals surface area contributed by atoms with Gasteiger partial charge < -0.3 is 9.47 Å². The molecule has 0 amide bonds. The number of benzene rings is 1. The van der Waals surface area contributed by atoms with Crippen LogP contribution in [0.5, 0.6) is 0 Å². The lowest BCUT2D eigenvalue weighted by Crippen LogP contribution is -1.95. The van der Waals surface area contributed by atoms with Crippen LogP contribution in [0.4, 0.5) is 0 Å². The maximum absolute atomic E-state index is 8.95. The highest BCUT2D eigenvalue weighted by Crippen LogP contribution is 2.28. The summed E-state index contributed by atoms with van der Waals surface area (Å²) in [6.45, 7) is 0.134. The molecule has 3 rings (SSSR count). The molecular weight excluding hydrogens is 244 g/mol. The van der Waals surface area contributed by atoms with Crippen LogP contribution < -0.4 is 0 Å². The van der Waals surface area contributed by atoms with Crippen molar-refractivity contribution in [3.63, 3.8) is 0 Å². The lowest BCUT2D eigenvalue weighted by atomic mass is 10.1. The van der Waals surface area contributed by atoms with Crippen LogP contribution in [0.25, 0.3) is 5.76 Å². The van der Waals surface area contributed by atoms with Crippen molar-refractivity contribution in [2.45, 2.75) is 6.42 Å². The molecule has 0 spiro atoms. The van der Waals surface area contributed by atoms with Crippen LogP contribution >= 0.6 is 0 Å². The summed E-state index contributed by atoms with van der Waals surface area (Å²) in [5.74, 6) is 1.14. The van der Waals surface area contributed by atoms with E-state index in [0.717, 1.165) is 5.56 Å². The van der Waals surface area contributed by atoms with Gasteiger partial charge in [-0.3, -0.25) is 0 Å². The van der Waals surface area contributed by atoms with Crippen LogP contribution in [-0.4, -0.2) is 22.2 Å². The minimum atomic E-state index is 0.134. The molecule has 0 saturated heterocycles. The van der Waals surface area contributed by atoms with Crippen molar-refractivity contribution in [3.8, 4) is 6.07 Å². The van der Waals surface area contributed by atoms with Crippen molar-refractivity contribution in [1.29, 1.82) is 5.26 Å². The van der Waals surface area contributed by atoms with Crippen molar-refractivity contribution < 1.29 is 9.47 Å². The van der Waals surface area contributed by atoms with Crippen LogP contribution in [0.1, 0.15) is 17.0 Å². The first-order valence-electron chi connectivity index (χ1n) is 5.72. The molecule has 1 aromatic heterocycles. The van der Waals surface area contributed by atoms with E-state index in [1.807, 2.05) is 36.4 Å². The molecule has 0 radical (unpaired) electrons. The zero-order valence-electron chi connectivity index (χ0n) is 9.96. The molecule has 6 nitrogen and oxygen atoms in total. The molecule has 1 aliphatic heterocycles. The maximum atomic E-state index is 8.95. The number of nitrogens with one attached hydrogen (secondary N) is 1. The Morgan fingerprint density at radius 1 is 1.21 bits per heavy atom. The number of rotatable bonds is 3. The van der Waals surface area contributed by atoms with E-state index in [2.05, 4.69) is 15.4 Å². The summed E-state index contributed by atoms with van der Waals surface area (Å²) in [6.07, 6.45) is 0.591. The average Bonchev–Trinajstić information content (AvgIpc) is 3.07. The summed E-state index contributed by atoms with van der Waals surface area (Å²) in [6, 6.07) is 11.8. The number of aromatic amines is 1. The van der Waals surface area contributed by atoms with Crippen molar-refractivity contribution in [2.75, 3.05) is 6.79 Å². The van der Waals surface area contributed by atoms with E-state index in [1.54, 1.807) is 0 Å². The number of nitriles is 1. The van der Waals surface area contributed by atoms with E-state index in [1.165, 1.54) is 0 Å². The molecule has 0 fully saturated rings. The average molecular weight is 254 g/mol. The monoisotopic (exact) mass is 254 g/mol. The Bertz CT molecular complexity index is 655. The summed E-state index contributed by atoms with van der Waals surface area (Å²) in [4.78, 5) is 0. The van der Waals surface area contributed by atoms with Gasteiger partial charge in [-0.1, -0.05) is 30.3 Å². The van der Waals surface area contributed by atoms with Gasteiger partial charge in [0.05, 0.1) is 0 Å². The summed E-state index contributed by atoms with van der Waals surface area (Å²) in [7, 11) is 0. The van der Waals surface area contributed by atoms with Gasteiger partial charge >= 0.3 is 0 Å². The molecule has 0 unspecified atom stereocenters. The summed E-state index contributed by atoms with van der Waals surface area (Å²) < 4.78 is 10.9. The Morgan fingerprint density at radius 2 is 2.05 bits per heavy atom. The first-order chi connectivity index (χ1) is 9.38. The molecule has 2 heterocycles. The highest BCUT2D eigenvalue weighted by atomic mass is 16.7. The Balaban J connectivity index is 1.95. The van der Waals surface area contributed by atoms with Crippen LogP contribution in [0.3, 0.4) is 0 Å². The smallest absolute Gasteiger partial charge is 0.230 e. The summed E-state index contributed by atoms with van der Waals surface area (Å²) >= 11 is 0. The minimum Gasteiger partial charge on any atom is -0.458 e. The predicted octanol–water partition coefficient (Wildman–Crippen LogP) is 1.59. The number of aromatic nitrogens is 3. The number of hydrogen-bond donors (Lipinski definition) is 1. The molecule has 2 aromatic rings.